The Morgan fingerprint density at radius 2 is 1.86 bits per heavy atom. The van der Waals surface area contributed by atoms with E-state index in [-0.39, 0.29) is 5.75 Å². The minimum Gasteiger partial charge on any atom is -0.405 e. The van der Waals surface area contributed by atoms with E-state index in [9.17, 15) is 13.2 Å². The van der Waals surface area contributed by atoms with E-state index in [4.69, 9.17) is 11.6 Å². The third kappa shape index (κ3) is 4.12. The van der Waals surface area contributed by atoms with Gasteiger partial charge in [-0.1, -0.05) is 35.9 Å². The normalized spacial score (nSPS) is 11.5. The van der Waals surface area contributed by atoms with Crippen molar-refractivity contribution in [1.29, 1.82) is 0 Å². The zero-order valence-electron chi connectivity index (χ0n) is 11.2. The van der Waals surface area contributed by atoms with Gasteiger partial charge in [0.25, 0.3) is 0 Å². The second-order valence-corrected chi connectivity index (χ2v) is 4.79. The largest absolute Gasteiger partial charge is 0.573 e. The maximum absolute atomic E-state index is 12.4. The molecular formula is C15H13ClF3NO. The summed E-state index contributed by atoms with van der Waals surface area (Å²) in [5.74, 6) is -0.234. The average Bonchev–Trinajstić information content (AvgIpc) is 2.40. The number of benzene rings is 2. The second kappa shape index (κ2) is 6.37. The molecule has 6 heteroatoms. The van der Waals surface area contributed by atoms with Gasteiger partial charge in [0.05, 0.1) is 0 Å². The molecule has 0 saturated heterocycles. The Morgan fingerprint density at radius 1 is 1.14 bits per heavy atom. The van der Waals surface area contributed by atoms with Crippen molar-refractivity contribution in [3.8, 4) is 16.9 Å². The fourth-order valence-electron chi connectivity index (χ4n) is 1.99. The van der Waals surface area contributed by atoms with Crippen LogP contribution in [0.5, 0.6) is 5.75 Å². The highest BCUT2D eigenvalue weighted by atomic mass is 35.5. The molecule has 0 aliphatic rings. The molecular weight excluding hydrogens is 303 g/mol. The van der Waals surface area contributed by atoms with Gasteiger partial charge < -0.3 is 10.1 Å². The SMILES string of the molecule is CNCc1cc(-c2ccccc2OC(F)(F)F)ccc1Cl. The number of nitrogens with one attached hydrogen (secondary N) is 1. The molecule has 0 heterocycles. The summed E-state index contributed by atoms with van der Waals surface area (Å²) < 4.78 is 41.4. The molecule has 0 fully saturated rings. The molecule has 0 radical (unpaired) electrons. The zero-order chi connectivity index (χ0) is 15.5. The van der Waals surface area contributed by atoms with Gasteiger partial charge in [-0.05, 0) is 36.4 Å². The number of hydrogen-bond donors (Lipinski definition) is 1. The molecule has 0 spiro atoms. The minimum atomic E-state index is -4.73. The van der Waals surface area contributed by atoms with Gasteiger partial charge in [-0.25, -0.2) is 0 Å². The van der Waals surface area contributed by atoms with E-state index in [1.807, 2.05) is 0 Å². The Labute approximate surface area is 125 Å². The van der Waals surface area contributed by atoms with Crippen LogP contribution in [0.2, 0.25) is 5.02 Å². The average molecular weight is 316 g/mol. The van der Waals surface area contributed by atoms with Crippen LogP contribution in [-0.2, 0) is 6.54 Å². The maximum atomic E-state index is 12.4. The van der Waals surface area contributed by atoms with Crippen molar-refractivity contribution in [1.82, 2.24) is 5.32 Å². The molecule has 0 aliphatic heterocycles. The summed E-state index contributed by atoms with van der Waals surface area (Å²) in [5.41, 5.74) is 1.78. The first-order valence-corrected chi connectivity index (χ1v) is 6.56. The first kappa shape index (κ1) is 15.7. The molecule has 112 valence electrons. The lowest BCUT2D eigenvalue weighted by Gasteiger charge is -2.14. The van der Waals surface area contributed by atoms with Crippen LogP contribution in [0.3, 0.4) is 0 Å². The van der Waals surface area contributed by atoms with Crippen LogP contribution in [0, 0.1) is 0 Å². The maximum Gasteiger partial charge on any atom is 0.573 e. The summed E-state index contributed by atoms with van der Waals surface area (Å²) >= 11 is 6.06. The molecule has 2 nitrogen and oxygen atoms in total. The van der Waals surface area contributed by atoms with Crippen molar-refractivity contribution >= 4 is 11.6 Å². The quantitative estimate of drug-likeness (QED) is 0.888. The van der Waals surface area contributed by atoms with Crippen LogP contribution in [0.15, 0.2) is 42.5 Å². The summed E-state index contributed by atoms with van der Waals surface area (Å²) in [6.07, 6.45) is -4.73. The Balaban J connectivity index is 2.44. The molecule has 2 aromatic rings. The van der Waals surface area contributed by atoms with Crippen LogP contribution in [0.4, 0.5) is 13.2 Å². The van der Waals surface area contributed by atoms with Crippen molar-refractivity contribution < 1.29 is 17.9 Å². The summed E-state index contributed by atoms with van der Waals surface area (Å²) in [6, 6.07) is 11.1. The van der Waals surface area contributed by atoms with Gasteiger partial charge in [0.1, 0.15) is 5.75 Å². The van der Waals surface area contributed by atoms with Crippen LogP contribution in [0.25, 0.3) is 11.1 Å². The van der Waals surface area contributed by atoms with E-state index < -0.39 is 6.36 Å². The fraction of sp³-hybridized carbons (Fsp3) is 0.200. The second-order valence-electron chi connectivity index (χ2n) is 4.38. The molecule has 2 rings (SSSR count). The number of halogens is 4. The molecule has 0 amide bonds. The molecule has 0 unspecified atom stereocenters. The Hall–Kier alpha value is -1.72. The first-order valence-electron chi connectivity index (χ1n) is 6.19. The van der Waals surface area contributed by atoms with E-state index in [2.05, 4.69) is 10.1 Å². The smallest absolute Gasteiger partial charge is 0.405 e. The topological polar surface area (TPSA) is 21.3 Å². The Kier molecular flexibility index (Phi) is 4.75. The van der Waals surface area contributed by atoms with E-state index in [0.29, 0.717) is 22.7 Å². The lowest BCUT2D eigenvalue weighted by Crippen LogP contribution is -2.17. The van der Waals surface area contributed by atoms with Gasteiger partial charge in [0, 0.05) is 17.1 Å². The van der Waals surface area contributed by atoms with Crippen molar-refractivity contribution in [2.75, 3.05) is 7.05 Å². The van der Waals surface area contributed by atoms with Crippen molar-refractivity contribution in [2.24, 2.45) is 0 Å². The molecule has 21 heavy (non-hydrogen) atoms. The standard InChI is InChI=1S/C15H13ClF3NO/c1-20-9-11-8-10(6-7-13(11)16)12-4-2-3-5-14(12)21-15(17,18)19/h2-8,20H,9H2,1H3. The number of ether oxygens (including phenoxy) is 1. The summed E-state index contributed by atoms with van der Waals surface area (Å²) in [7, 11) is 1.77. The van der Waals surface area contributed by atoms with Crippen LogP contribution in [-0.4, -0.2) is 13.4 Å². The number of hydrogen-bond acceptors (Lipinski definition) is 2. The number of alkyl halides is 3. The molecule has 0 saturated carbocycles. The Morgan fingerprint density at radius 3 is 2.52 bits per heavy atom. The molecule has 0 aliphatic carbocycles. The van der Waals surface area contributed by atoms with E-state index >= 15 is 0 Å². The lowest BCUT2D eigenvalue weighted by molar-refractivity contribution is -0.274. The number of para-hydroxylation sites is 1. The lowest BCUT2D eigenvalue weighted by atomic mass is 10.0. The van der Waals surface area contributed by atoms with Crippen LogP contribution < -0.4 is 10.1 Å². The third-order valence-electron chi connectivity index (χ3n) is 2.84. The van der Waals surface area contributed by atoms with Gasteiger partial charge in [0.2, 0.25) is 0 Å². The van der Waals surface area contributed by atoms with Crippen molar-refractivity contribution in [3.63, 3.8) is 0 Å². The molecule has 0 aromatic heterocycles. The highest BCUT2D eigenvalue weighted by Crippen LogP contribution is 2.35. The fourth-order valence-corrected chi connectivity index (χ4v) is 2.17. The molecule has 0 bridgehead atoms. The van der Waals surface area contributed by atoms with E-state index in [1.54, 1.807) is 37.4 Å². The predicted molar refractivity (Wildman–Crippen MR) is 76.3 cm³/mol. The van der Waals surface area contributed by atoms with Gasteiger partial charge >= 0.3 is 6.36 Å². The van der Waals surface area contributed by atoms with Gasteiger partial charge in [-0.3, -0.25) is 0 Å². The summed E-state index contributed by atoms with van der Waals surface area (Å²) in [5, 5.41) is 3.52. The summed E-state index contributed by atoms with van der Waals surface area (Å²) in [4.78, 5) is 0. The van der Waals surface area contributed by atoms with Crippen LogP contribution >= 0.6 is 11.6 Å². The molecule has 1 N–H and O–H groups in total. The van der Waals surface area contributed by atoms with Crippen LogP contribution in [0.1, 0.15) is 5.56 Å². The summed E-state index contributed by atoms with van der Waals surface area (Å²) in [6.45, 7) is 0.523. The van der Waals surface area contributed by atoms with Crippen molar-refractivity contribution in [3.05, 3.63) is 53.1 Å². The zero-order valence-corrected chi connectivity index (χ0v) is 11.9. The number of rotatable bonds is 4. The predicted octanol–water partition coefficient (Wildman–Crippen LogP) is 4.63. The van der Waals surface area contributed by atoms with Gasteiger partial charge in [0.15, 0.2) is 0 Å². The Bertz CT molecular complexity index is 629. The highest BCUT2D eigenvalue weighted by Gasteiger charge is 2.32. The minimum absolute atomic E-state index is 0.234. The molecule has 2 aromatic carbocycles. The van der Waals surface area contributed by atoms with Gasteiger partial charge in [-0.15, -0.1) is 13.2 Å². The molecule has 0 atom stereocenters. The van der Waals surface area contributed by atoms with Crippen molar-refractivity contribution in [2.45, 2.75) is 12.9 Å². The highest BCUT2D eigenvalue weighted by molar-refractivity contribution is 6.31. The monoisotopic (exact) mass is 315 g/mol. The third-order valence-corrected chi connectivity index (χ3v) is 3.21. The van der Waals surface area contributed by atoms with E-state index in [1.165, 1.54) is 12.1 Å². The van der Waals surface area contributed by atoms with Gasteiger partial charge in [-0.2, -0.15) is 0 Å². The first-order chi connectivity index (χ1) is 9.90. The van der Waals surface area contributed by atoms with E-state index in [0.717, 1.165) is 5.56 Å².